The number of nitrogens with one attached hydrogen (secondary N) is 1. The molecule has 0 spiro atoms. The van der Waals surface area contributed by atoms with E-state index in [1.165, 1.54) is 0 Å². The monoisotopic (exact) mass is 542 g/mol. The summed E-state index contributed by atoms with van der Waals surface area (Å²) >= 11 is 0. The van der Waals surface area contributed by atoms with E-state index in [0.29, 0.717) is 0 Å². The molecule has 1 aliphatic rings. The molecule has 1 heterocycles. The molecule has 0 aromatic heterocycles. The van der Waals surface area contributed by atoms with Gasteiger partial charge in [-0.05, 0) is 6.42 Å². The Morgan fingerprint density at radius 1 is 0.711 bits per heavy atom. The fraction of sp³-hybridized carbons (Fsp3) is 0.636. The van der Waals surface area contributed by atoms with Crippen molar-refractivity contribution in [2.75, 3.05) is 88.8 Å². The number of carbonyl (C=O) groups is 4. The lowest BCUT2D eigenvalue weighted by Gasteiger charge is -2.34. The molecule has 0 bridgehead atoms. The lowest BCUT2D eigenvalue weighted by atomic mass is 10.1. The quantitative estimate of drug-likeness (QED) is 0.140. The van der Waals surface area contributed by atoms with Gasteiger partial charge in [0.25, 0.3) is 10.9 Å². The lowest BCUT2D eigenvalue weighted by molar-refractivity contribution is -0.140. The zero-order valence-corrected chi connectivity index (χ0v) is 20.9. The number of hydrogen-bond acceptors (Lipinski definition) is 12. The van der Waals surface area contributed by atoms with Gasteiger partial charge in [-0.3, -0.25) is 43.5 Å². The normalized spacial score (nSPS) is 17.9. The fourth-order valence-electron chi connectivity index (χ4n) is 4.13. The molecule has 1 aliphatic heterocycles. The summed E-state index contributed by atoms with van der Waals surface area (Å²) in [5.74, 6) is -4.46. The average molecular weight is 543 g/mol. The molecule has 16 nitrogen and oxygen atoms in total. The predicted octanol–water partition coefficient (Wildman–Crippen LogP) is -3.52. The molecule has 1 aromatic rings. The Bertz CT molecular complexity index is 1040. The van der Waals surface area contributed by atoms with Crippen molar-refractivity contribution in [3.05, 3.63) is 20.4 Å². The van der Waals surface area contributed by atoms with E-state index in [0.717, 1.165) is 0 Å². The third kappa shape index (κ3) is 9.37. The third-order valence-electron chi connectivity index (χ3n) is 6.19. The van der Waals surface area contributed by atoms with Gasteiger partial charge in [0.1, 0.15) is 17.4 Å². The van der Waals surface area contributed by atoms with Crippen LogP contribution in [-0.2, 0) is 19.2 Å². The van der Waals surface area contributed by atoms with Crippen LogP contribution in [0.2, 0.25) is 0 Å². The van der Waals surface area contributed by atoms with E-state index >= 15 is 0 Å². The molecule has 1 fully saturated rings. The lowest BCUT2D eigenvalue weighted by Crippen LogP contribution is -2.51. The van der Waals surface area contributed by atoms with Gasteiger partial charge in [-0.2, -0.15) is 0 Å². The summed E-state index contributed by atoms with van der Waals surface area (Å²) in [5.41, 5.74) is 4.02. The Balaban J connectivity index is 2.28. The van der Waals surface area contributed by atoms with Crippen LogP contribution in [0.3, 0.4) is 0 Å². The largest absolute Gasteiger partial charge is 0.480 e. The molecule has 0 saturated carbocycles. The van der Waals surface area contributed by atoms with Crippen molar-refractivity contribution < 1.29 is 39.6 Å². The second-order valence-electron chi connectivity index (χ2n) is 9.04. The SMILES string of the molecule is N[C@@H](CCNc1c(N2CCN(CC(=O)O)CCN(CC(=O)O)CCN(CC(=O)O)CC2)c(=O)c1=O)C(=O)O. The minimum atomic E-state index is -1.21. The highest BCUT2D eigenvalue weighted by molar-refractivity contribution is 5.76. The van der Waals surface area contributed by atoms with Crippen LogP contribution in [0.5, 0.6) is 0 Å². The maximum absolute atomic E-state index is 12.5. The van der Waals surface area contributed by atoms with Gasteiger partial charge in [-0.1, -0.05) is 0 Å². The van der Waals surface area contributed by atoms with Crippen molar-refractivity contribution in [1.82, 2.24) is 14.7 Å². The van der Waals surface area contributed by atoms with Gasteiger partial charge in [-0.25, -0.2) is 0 Å². The van der Waals surface area contributed by atoms with Crippen LogP contribution < -0.4 is 26.8 Å². The van der Waals surface area contributed by atoms with Crippen molar-refractivity contribution in [3.63, 3.8) is 0 Å². The molecular formula is C22H34N6O10. The Kier molecular flexibility index (Phi) is 11.6. The topological polar surface area (TPSA) is 234 Å². The van der Waals surface area contributed by atoms with E-state index in [-0.39, 0.29) is 96.3 Å². The number of aliphatic carboxylic acids is 4. The molecule has 0 unspecified atom stereocenters. The average Bonchev–Trinajstić information content (AvgIpc) is 2.82. The summed E-state index contributed by atoms with van der Waals surface area (Å²) in [6, 6.07) is -1.16. The molecule has 38 heavy (non-hydrogen) atoms. The Morgan fingerprint density at radius 2 is 1.11 bits per heavy atom. The number of nitrogens with two attached hydrogens (primary N) is 1. The van der Waals surface area contributed by atoms with Gasteiger partial charge in [0.2, 0.25) is 0 Å². The van der Waals surface area contributed by atoms with Crippen molar-refractivity contribution in [3.8, 4) is 0 Å². The van der Waals surface area contributed by atoms with E-state index < -0.39 is 40.8 Å². The summed E-state index contributed by atoms with van der Waals surface area (Å²) < 4.78 is 0. The van der Waals surface area contributed by atoms with Crippen LogP contribution in [0.1, 0.15) is 6.42 Å². The second-order valence-corrected chi connectivity index (χ2v) is 9.04. The molecule has 0 radical (unpaired) electrons. The first kappa shape index (κ1) is 30.6. The van der Waals surface area contributed by atoms with Gasteiger partial charge in [0.05, 0.1) is 19.6 Å². The van der Waals surface area contributed by atoms with Crippen LogP contribution in [0, 0.1) is 0 Å². The third-order valence-corrected chi connectivity index (χ3v) is 6.19. The molecular weight excluding hydrogens is 508 g/mol. The van der Waals surface area contributed by atoms with Crippen molar-refractivity contribution in [2.24, 2.45) is 5.73 Å². The summed E-state index contributed by atoms with van der Waals surface area (Å²) in [6.45, 7) is 0.493. The highest BCUT2D eigenvalue weighted by Crippen LogP contribution is 2.20. The first-order valence-corrected chi connectivity index (χ1v) is 12.0. The van der Waals surface area contributed by atoms with E-state index in [4.69, 9.17) is 10.8 Å². The molecule has 1 saturated heterocycles. The van der Waals surface area contributed by atoms with Gasteiger partial charge < -0.3 is 36.4 Å². The number of carboxylic acid groups (broad SMARTS) is 4. The number of rotatable bonds is 12. The summed E-state index contributed by atoms with van der Waals surface area (Å²) in [4.78, 5) is 76.2. The van der Waals surface area contributed by atoms with Crippen LogP contribution in [-0.4, -0.2) is 144 Å². The standard InChI is InChI=1S/C22H34N6O10/c23-14(22(37)38)1-2-24-18-19(21(36)20(18)35)28-9-7-26(12-16(31)32)5-3-25(11-15(29)30)4-6-27(8-10-28)13-17(33)34/h14,24H,1-13,23H2,(H,29,30)(H,31,32)(H,33,34)(H,37,38)/t14-/m0/s1. The second kappa shape index (κ2) is 14.4. The molecule has 16 heteroatoms. The van der Waals surface area contributed by atoms with E-state index in [1.54, 1.807) is 19.6 Å². The van der Waals surface area contributed by atoms with Gasteiger partial charge in [0, 0.05) is 58.9 Å². The Hall–Kier alpha value is -3.60. The van der Waals surface area contributed by atoms with Gasteiger partial charge in [0.15, 0.2) is 0 Å². The van der Waals surface area contributed by atoms with Crippen molar-refractivity contribution >= 4 is 35.3 Å². The van der Waals surface area contributed by atoms with E-state index in [2.05, 4.69) is 5.32 Å². The van der Waals surface area contributed by atoms with Crippen LogP contribution in [0.15, 0.2) is 9.59 Å². The fourth-order valence-corrected chi connectivity index (χ4v) is 4.13. The molecule has 212 valence electrons. The van der Waals surface area contributed by atoms with Crippen LogP contribution in [0.4, 0.5) is 11.4 Å². The number of carboxylic acids is 4. The number of nitrogens with zero attached hydrogens (tertiary/aromatic N) is 4. The zero-order valence-electron chi connectivity index (χ0n) is 20.9. The maximum atomic E-state index is 12.5. The Morgan fingerprint density at radius 3 is 1.47 bits per heavy atom. The molecule has 7 N–H and O–H groups in total. The molecule has 0 aliphatic carbocycles. The van der Waals surface area contributed by atoms with Crippen molar-refractivity contribution in [1.29, 1.82) is 0 Å². The first-order valence-electron chi connectivity index (χ1n) is 12.0. The smallest absolute Gasteiger partial charge is 0.320 e. The van der Waals surface area contributed by atoms with Gasteiger partial charge >= 0.3 is 23.9 Å². The zero-order chi connectivity index (χ0) is 28.4. The summed E-state index contributed by atoms with van der Waals surface area (Å²) in [5, 5.41) is 39.6. The predicted molar refractivity (Wildman–Crippen MR) is 135 cm³/mol. The first-order chi connectivity index (χ1) is 17.9. The van der Waals surface area contributed by atoms with Crippen LogP contribution in [0.25, 0.3) is 0 Å². The number of hydrogen-bond donors (Lipinski definition) is 6. The molecule has 0 amide bonds. The molecule has 2 rings (SSSR count). The highest BCUT2D eigenvalue weighted by atomic mass is 16.4. The molecule has 1 aromatic carbocycles. The number of anilines is 2. The van der Waals surface area contributed by atoms with E-state index in [9.17, 15) is 44.1 Å². The minimum absolute atomic E-state index is 0.000788. The maximum Gasteiger partial charge on any atom is 0.320 e. The minimum Gasteiger partial charge on any atom is -0.480 e. The highest BCUT2D eigenvalue weighted by Gasteiger charge is 2.28. The van der Waals surface area contributed by atoms with Crippen LogP contribution >= 0.6 is 0 Å². The van der Waals surface area contributed by atoms with Crippen molar-refractivity contribution in [2.45, 2.75) is 12.5 Å². The van der Waals surface area contributed by atoms with Gasteiger partial charge in [-0.15, -0.1) is 0 Å². The summed E-state index contributed by atoms with van der Waals surface area (Å²) in [6.07, 6.45) is -0.000788. The summed E-state index contributed by atoms with van der Waals surface area (Å²) in [7, 11) is 0. The Labute approximate surface area is 217 Å². The van der Waals surface area contributed by atoms with E-state index in [1.807, 2.05) is 0 Å². The molecule has 1 atom stereocenters.